The monoisotopic (exact) mass is 350 g/mol. The van der Waals surface area contributed by atoms with Gasteiger partial charge in [0.25, 0.3) is 0 Å². The lowest BCUT2D eigenvalue weighted by molar-refractivity contribution is 0.0531. The lowest BCUT2D eigenvalue weighted by Crippen LogP contribution is -2.38. The van der Waals surface area contributed by atoms with E-state index in [9.17, 15) is 0 Å². The first-order chi connectivity index (χ1) is 12.9. The minimum atomic E-state index is 0.498. The summed E-state index contributed by atoms with van der Waals surface area (Å²) in [6.45, 7) is 3.11. The molecule has 0 aromatic carbocycles. The molecule has 3 aliphatic rings. The van der Waals surface area contributed by atoms with E-state index >= 15 is 0 Å². The van der Waals surface area contributed by atoms with Crippen LogP contribution in [0.5, 0.6) is 0 Å². The van der Waals surface area contributed by atoms with Crippen LogP contribution in [0.2, 0.25) is 0 Å². The van der Waals surface area contributed by atoms with Gasteiger partial charge in [-0.25, -0.2) is 9.97 Å². The van der Waals surface area contributed by atoms with Crippen LogP contribution in [-0.2, 0) is 17.6 Å². The number of ether oxygens (including phenoxy) is 1. The van der Waals surface area contributed by atoms with E-state index in [1.165, 1.54) is 49.2 Å². The number of aromatic nitrogens is 3. The predicted molar refractivity (Wildman–Crippen MR) is 101 cm³/mol. The number of hydrogen-bond donors (Lipinski definition) is 0. The smallest absolute Gasteiger partial charge is 0.180 e. The number of aryl methyl sites for hydroxylation is 1. The van der Waals surface area contributed by atoms with Crippen molar-refractivity contribution in [2.75, 3.05) is 24.6 Å². The van der Waals surface area contributed by atoms with Gasteiger partial charge in [0.1, 0.15) is 11.5 Å². The van der Waals surface area contributed by atoms with Crippen LogP contribution in [0.3, 0.4) is 0 Å². The molecule has 5 nitrogen and oxygen atoms in total. The summed E-state index contributed by atoms with van der Waals surface area (Å²) < 4.78 is 5.93. The third-order valence-corrected chi connectivity index (χ3v) is 6.14. The van der Waals surface area contributed by atoms with Gasteiger partial charge in [-0.3, -0.25) is 4.98 Å². The van der Waals surface area contributed by atoms with Gasteiger partial charge in [0.2, 0.25) is 0 Å². The Balaban J connectivity index is 1.41. The fourth-order valence-electron chi connectivity index (χ4n) is 4.74. The zero-order valence-electron chi connectivity index (χ0n) is 15.2. The Morgan fingerprint density at radius 1 is 1.00 bits per heavy atom. The molecule has 0 radical (unpaired) electrons. The Hall–Kier alpha value is -2.01. The standard InChI is InChI=1S/C21H26N4O/c1-2-11-22-18(6-1)20-23-17-7-3-5-16(17)21(24-20)25-12-9-15(10-13-25)19-8-4-14-26-19/h1-2,6,11,15,19H,3-5,7-10,12-14H2. The molecule has 4 heterocycles. The van der Waals surface area contributed by atoms with E-state index in [-0.39, 0.29) is 0 Å². The normalized spacial score (nSPS) is 23.4. The van der Waals surface area contributed by atoms with Crippen molar-refractivity contribution in [1.29, 1.82) is 0 Å². The second-order valence-electron chi connectivity index (χ2n) is 7.74. The summed E-state index contributed by atoms with van der Waals surface area (Å²) in [6, 6.07) is 5.95. The molecule has 0 bridgehead atoms. The molecular formula is C21H26N4O. The highest BCUT2D eigenvalue weighted by molar-refractivity contribution is 5.59. The molecule has 2 saturated heterocycles. The summed E-state index contributed by atoms with van der Waals surface area (Å²) in [5.74, 6) is 2.67. The van der Waals surface area contributed by atoms with Crippen molar-refractivity contribution < 1.29 is 4.74 Å². The summed E-state index contributed by atoms with van der Waals surface area (Å²) >= 11 is 0. The van der Waals surface area contributed by atoms with Gasteiger partial charge < -0.3 is 9.64 Å². The highest BCUT2D eigenvalue weighted by atomic mass is 16.5. The van der Waals surface area contributed by atoms with E-state index in [1.54, 1.807) is 0 Å². The molecule has 0 N–H and O–H groups in total. The average Bonchev–Trinajstić information content (AvgIpc) is 3.40. The van der Waals surface area contributed by atoms with E-state index in [0.717, 1.165) is 50.0 Å². The number of pyridine rings is 1. The maximum atomic E-state index is 5.93. The van der Waals surface area contributed by atoms with Crippen molar-refractivity contribution in [2.45, 2.75) is 51.0 Å². The minimum absolute atomic E-state index is 0.498. The van der Waals surface area contributed by atoms with Gasteiger partial charge in [0.05, 0.1) is 6.10 Å². The van der Waals surface area contributed by atoms with Crippen LogP contribution in [0.4, 0.5) is 5.82 Å². The quantitative estimate of drug-likeness (QED) is 0.849. The molecule has 1 aliphatic carbocycles. The molecule has 2 aromatic rings. The van der Waals surface area contributed by atoms with E-state index in [4.69, 9.17) is 14.7 Å². The van der Waals surface area contributed by atoms with Crippen molar-refractivity contribution in [3.8, 4) is 11.5 Å². The molecule has 5 heteroatoms. The number of hydrogen-bond acceptors (Lipinski definition) is 5. The molecule has 5 rings (SSSR count). The molecule has 1 atom stereocenters. The van der Waals surface area contributed by atoms with Gasteiger partial charge in [-0.2, -0.15) is 0 Å². The highest BCUT2D eigenvalue weighted by Gasteiger charge is 2.31. The summed E-state index contributed by atoms with van der Waals surface area (Å²) in [5, 5.41) is 0. The summed E-state index contributed by atoms with van der Waals surface area (Å²) in [5.41, 5.74) is 3.48. The van der Waals surface area contributed by atoms with Gasteiger partial charge >= 0.3 is 0 Å². The Kier molecular flexibility index (Phi) is 4.33. The fourth-order valence-corrected chi connectivity index (χ4v) is 4.74. The number of rotatable bonds is 3. The van der Waals surface area contributed by atoms with E-state index < -0.39 is 0 Å². The third-order valence-electron chi connectivity index (χ3n) is 6.14. The maximum absolute atomic E-state index is 5.93. The number of piperidine rings is 1. The Morgan fingerprint density at radius 2 is 1.92 bits per heavy atom. The van der Waals surface area contributed by atoms with Crippen LogP contribution < -0.4 is 4.90 Å². The first-order valence-corrected chi connectivity index (χ1v) is 10.1. The summed E-state index contributed by atoms with van der Waals surface area (Å²) in [6.07, 6.45) is 10.6. The number of fused-ring (bicyclic) bond motifs is 1. The molecule has 2 aliphatic heterocycles. The Labute approximate surface area is 154 Å². The zero-order valence-corrected chi connectivity index (χ0v) is 15.2. The van der Waals surface area contributed by atoms with E-state index in [1.807, 2.05) is 24.4 Å². The van der Waals surface area contributed by atoms with Crippen molar-refractivity contribution in [1.82, 2.24) is 15.0 Å². The second-order valence-corrected chi connectivity index (χ2v) is 7.74. The maximum Gasteiger partial charge on any atom is 0.180 e. The van der Waals surface area contributed by atoms with Gasteiger partial charge in [-0.05, 0) is 63.0 Å². The molecule has 1 unspecified atom stereocenters. The average molecular weight is 350 g/mol. The molecular weight excluding hydrogens is 324 g/mol. The van der Waals surface area contributed by atoms with Gasteiger partial charge in [0.15, 0.2) is 5.82 Å². The van der Waals surface area contributed by atoms with Crippen molar-refractivity contribution in [3.05, 3.63) is 35.7 Å². The summed E-state index contributed by atoms with van der Waals surface area (Å²) in [4.78, 5) is 16.8. The van der Waals surface area contributed by atoms with Crippen LogP contribution in [0.15, 0.2) is 24.4 Å². The number of anilines is 1. The first kappa shape index (κ1) is 16.2. The van der Waals surface area contributed by atoms with Crippen molar-refractivity contribution in [3.63, 3.8) is 0 Å². The van der Waals surface area contributed by atoms with Gasteiger partial charge in [-0.1, -0.05) is 6.07 Å². The lowest BCUT2D eigenvalue weighted by Gasteiger charge is -2.36. The van der Waals surface area contributed by atoms with Gasteiger partial charge in [0, 0.05) is 37.2 Å². The molecule has 0 amide bonds. The molecule has 0 saturated carbocycles. The predicted octanol–water partition coefficient (Wildman–Crippen LogP) is 3.42. The fraction of sp³-hybridized carbons (Fsp3) is 0.571. The highest BCUT2D eigenvalue weighted by Crippen LogP contribution is 2.35. The number of nitrogens with zero attached hydrogens (tertiary/aromatic N) is 4. The van der Waals surface area contributed by atoms with E-state index in [2.05, 4.69) is 9.88 Å². The van der Waals surface area contributed by atoms with Crippen LogP contribution in [-0.4, -0.2) is 40.8 Å². The van der Waals surface area contributed by atoms with Crippen LogP contribution in [0.1, 0.15) is 43.4 Å². The third kappa shape index (κ3) is 2.98. The Bertz CT molecular complexity index is 765. The molecule has 136 valence electrons. The summed E-state index contributed by atoms with van der Waals surface area (Å²) in [7, 11) is 0. The Morgan fingerprint density at radius 3 is 2.69 bits per heavy atom. The van der Waals surface area contributed by atoms with Crippen molar-refractivity contribution in [2.24, 2.45) is 5.92 Å². The molecule has 2 aromatic heterocycles. The zero-order chi connectivity index (χ0) is 17.3. The largest absolute Gasteiger partial charge is 0.378 e. The molecule has 2 fully saturated rings. The van der Waals surface area contributed by atoms with Crippen LogP contribution in [0.25, 0.3) is 11.5 Å². The first-order valence-electron chi connectivity index (χ1n) is 10.1. The SMILES string of the molecule is c1ccc(-c2nc3c(c(N4CCC(C5CCCO5)CC4)n2)CCC3)nc1. The molecule has 26 heavy (non-hydrogen) atoms. The van der Waals surface area contributed by atoms with E-state index in [0.29, 0.717) is 6.10 Å². The second kappa shape index (κ2) is 6.95. The van der Waals surface area contributed by atoms with Crippen LogP contribution in [0, 0.1) is 5.92 Å². The molecule has 0 spiro atoms. The lowest BCUT2D eigenvalue weighted by atomic mass is 9.89. The van der Waals surface area contributed by atoms with Crippen LogP contribution >= 0.6 is 0 Å². The van der Waals surface area contributed by atoms with Gasteiger partial charge in [-0.15, -0.1) is 0 Å². The topological polar surface area (TPSA) is 51.1 Å². The van der Waals surface area contributed by atoms with Crippen molar-refractivity contribution >= 4 is 5.82 Å². The minimum Gasteiger partial charge on any atom is -0.378 e.